The van der Waals surface area contributed by atoms with Crippen LogP contribution in [0.5, 0.6) is 0 Å². The van der Waals surface area contributed by atoms with Gasteiger partial charge in [0.2, 0.25) is 11.8 Å². The Morgan fingerprint density at radius 3 is 2.84 bits per heavy atom. The number of benzene rings is 1. The second kappa shape index (κ2) is 6.33. The molecule has 1 aromatic carbocycles. The number of nitrogens with one attached hydrogen (secondary N) is 1. The summed E-state index contributed by atoms with van der Waals surface area (Å²) in [6.07, 6.45) is 4.03. The molecule has 0 radical (unpaired) electrons. The maximum atomic E-state index is 12.9. The molecule has 3 heterocycles. The number of hydrogen-bond acceptors (Lipinski definition) is 4. The number of hydrogen-bond donors (Lipinski definition) is 1. The third-order valence-corrected chi connectivity index (χ3v) is 4.82. The summed E-state index contributed by atoms with van der Waals surface area (Å²) in [6.45, 7) is 3.90. The van der Waals surface area contributed by atoms with Crippen LogP contribution in [0, 0.1) is 0 Å². The van der Waals surface area contributed by atoms with Crippen molar-refractivity contribution in [2.45, 2.75) is 25.4 Å². The Morgan fingerprint density at radius 1 is 1.28 bits per heavy atom. The highest BCUT2D eigenvalue weighted by Gasteiger charge is 2.34. The van der Waals surface area contributed by atoms with E-state index in [2.05, 4.69) is 15.3 Å². The van der Waals surface area contributed by atoms with Gasteiger partial charge in [-0.3, -0.25) is 19.2 Å². The van der Waals surface area contributed by atoms with Crippen molar-refractivity contribution in [3.05, 3.63) is 42.7 Å². The minimum atomic E-state index is -0.167. The summed E-state index contributed by atoms with van der Waals surface area (Å²) in [5, 5.41) is 7.14. The zero-order valence-electron chi connectivity index (χ0n) is 14.1. The molecule has 0 bridgehead atoms. The van der Waals surface area contributed by atoms with Crippen LogP contribution in [0.25, 0.3) is 0 Å². The number of amides is 2. The smallest absolute Gasteiger partial charge is 0.241 e. The SMILES string of the molecule is CC1CC(=O)Nc2ccccc2N1C(=O)CN1CC(n2cccn2)C1. The van der Waals surface area contributed by atoms with E-state index in [0.717, 1.165) is 18.8 Å². The first-order chi connectivity index (χ1) is 12.1. The van der Waals surface area contributed by atoms with Crippen LogP contribution in [0.15, 0.2) is 42.7 Å². The van der Waals surface area contributed by atoms with Gasteiger partial charge in [-0.2, -0.15) is 5.10 Å². The summed E-state index contributed by atoms with van der Waals surface area (Å²) >= 11 is 0. The van der Waals surface area contributed by atoms with Crippen LogP contribution in [0.1, 0.15) is 19.4 Å². The number of rotatable bonds is 3. The first-order valence-electron chi connectivity index (χ1n) is 8.54. The fourth-order valence-corrected chi connectivity index (χ4v) is 3.57. The summed E-state index contributed by atoms with van der Waals surface area (Å²) in [5.41, 5.74) is 1.47. The van der Waals surface area contributed by atoms with E-state index in [1.54, 1.807) is 11.1 Å². The number of anilines is 2. The van der Waals surface area contributed by atoms with Crippen LogP contribution in [-0.4, -0.2) is 52.2 Å². The van der Waals surface area contributed by atoms with Gasteiger partial charge in [-0.1, -0.05) is 12.1 Å². The van der Waals surface area contributed by atoms with E-state index < -0.39 is 0 Å². The third kappa shape index (κ3) is 3.02. The Hall–Kier alpha value is -2.67. The van der Waals surface area contributed by atoms with Crippen molar-refractivity contribution in [3.63, 3.8) is 0 Å². The number of carbonyl (C=O) groups excluding carboxylic acids is 2. The molecule has 7 heteroatoms. The Morgan fingerprint density at radius 2 is 2.08 bits per heavy atom. The zero-order chi connectivity index (χ0) is 17.4. The average molecular weight is 339 g/mol. The number of carbonyl (C=O) groups is 2. The lowest BCUT2D eigenvalue weighted by Crippen LogP contribution is -2.53. The summed E-state index contributed by atoms with van der Waals surface area (Å²) in [5.74, 6) is -0.0340. The topological polar surface area (TPSA) is 70.5 Å². The van der Waals surface area contributed by atoms with Crippen molar-refractivity contribution in [2.75, 3.05) is 29.9 Å². The molecule has 1 N–H and O–H groups in total. The molecule has 2 aliphatic rings. The van der Waals surface area contributed by atoms with Gasteiger partial charge in [0, 0.05) is 37.9 Å². The monoisotopic (exact) mass is 339 g/mol. The molecule has 2 amide bonds. The molecule has 7 nitrogen and oxygen atoms in total. The maximum Gasteiger partial charge on any atom is 0.241 e. The van der Waals surface area contributed by atoms with Gasteiger partial charge in [0.25, 0.3) is 0 Å². The van der Waals surface area contributed by atoms with Crippen molar-refractivity contribution in [1.82, 2.24) is 14.7 Å². The van der Waals surface area contributed by atoms with Crippen LogP contribution in [0.3, 0.4) is 0 Å². The minimum Gasteiger partial charge on any atom is -0.324 e. The van der Waals surface area contributed by atoms with Gasteiger partial charge in [-0.05, 0) is 25.1 Å². The molecule has 0 saturated carbocycles. The first-order valence-corrected chi connectivity index (χ1v) is 8.54. The second-order valence-corrected chi connectivity index (χ2v) is 6.72. The maximum absolute atomic E-state index is 12.9. The summed E-state index contributed by atoms with van der Waals surface area (Å²) < 4.78 is 1.94. The highest BCUT2D eigenvalue weighted by Crippen LogP contribution is 2.31. The van der Waals surface area contributed by atoms with Crippen molar-refractivity contribution >= 4 is 23.2 Å². The summed E-state index contributed by atoms with van der Waals surface area (Å²) in [4.78, 5) is 28.8. The van der Waals surface area contributed by atoms with Crippen molar-refractivity contribution < 1.29 is 9.59 Å². The highest BCUT2D eigenvalue weighted by molar-refractivity contribution is 6.04. The fourth-order valence-electron chi connectivity index (χ4n) is 3.57. The highest BCUT2D eigenvalue weighted by atomic mass is 16.2. The quantitative estimate of drug-likeness (QED) is 0.920. The Labute approximate surface area is 146 Å². The molecule has 4 rings (SSSR count). The fraction of sp³-hybridized carbons (Fsp3) is 0.389. The van der Waals surface area contributed by atoms with Crippen LogP contribution in [0.2, 0.25) is 0 Å². The van der Waals surface area contributed by atoms with Gasteiger partial charge in [-0.25, -0.2) is 0 Å². The number of fused-ring (bicyclic) bond motifs is 1. The molecule has 0 spiro atoms. The molecule has 1 fully saturated rings. The molecule has 0 aliphatic carbocycles. The van der Waals surface area contributed by atoms with Crippen LogP contribution < -0.4 is 10.2 Å². The molecule has 1 atom stereocenters. The Bertz CT molecular complexity index is 783. The largest absolute Gasteiger partial charge is 0.324 e. The van der Waals surface area contributed by atoms with Gasteiger partial charge < -0.3 is 10.2 Å². The Balaban J connectivity index is 1.47. The van der Waals surface area contributed by atoms with E-state index in [1.807, 2.05) is 48.1 Å². The van der Waals surface area contributed by atoms with Gasteiger partial charge in [0.1, 0.15) is 0 Å². The Kier molecular flexibility index (Phi) is 4.01. The zero-order valence-corrected chi connectivity index (χ0v) is 14.1. The van der Waals surface area contributed by atoms with E-state index >= 15 is 0 Å². The lowest BCUT2D eigenvalue weighted by Gasteiger charge is -2.40. The molecule has 1 unspecified atom stereocenters. The lowest BCUT2D eigenvalue weighted by atomic mass is 10.1. The number of para-hydroxylation sites is 2. The number of nitrogens with zero attached hydrogens (tertiary/aromatic N) is 4. The molecule has 2 aromatic rings. The van der Waals surface area contributed by atoms with E-state index in [1.165, 1.54) is 0 Å². The molecular weight excluding hydrogens is 318 g/mol. The second-order valence-electron chi connectivity index (χ2n) is 6.72. The molecule has 25 heavy (non-hydrogen) atoms. The van der Waals surface area contributed by atoms with Crippen molar-refractivity contribution in [2.24, 2.45) is 0 Å². The van der Waals surface area contributed by atoms with E-state index in [0.29, 0.717) is 24.7 Å². The van der Waals surface area contributed by atoms with Crippen LogP contribution in [-0.2, 0) is 9.59 Å². The predicted molar refractivity (Wildman–Crippen MR) is 94.3 cm³/mol. The summed E-state index contributed by atoms with van der Waals surface area (Å²) in [6, 6.07) is 9.55. The molecule has 130 valence electrons. The number of aromatic nitrogens is 2. The van der Waals surface area contributed by atoms with Gasteiger partial charge in [0.15, 0.2) is 0 Å². The van der Waals surface area contributed by atoms with Crippen LogP contribution in [0.4, 0.5) is 11.4 Å². The van der Waals surface area contributed by atoms with Gasteiger partial charge in [0.05, 0.1) is 24.0 Å². The predicted octanol–water partition coefficient (Wildman–Crippen LogP) is 1.50. The number of likely N-dealkylation sites (tertiary alicyclic amines) is 1. The summed E-state index contributed by atoms with van der Waals surface area (Å²) in [7, 11) is 0. The molecule has 1 saturated heterocycles. The average Bonchev–Trinajstić information content (AvgIpc) is 3.01. The minimum absolute atomic E-state index is 0.0235. The standard InChI is InChI=1S/C18H21N5O2/c1-13-9-17(24)20-15-5-2-3-6-16(15)23(13)18(25)12-21-10-14(11-21)22-8-4-7-19-22/h2-8,13-14H,9-12H2,1H3,(H,20,24). The van der Waals surface area contributed by atoms with E-state index in [-0.39, 0.29) is 17.9 Å². The normalized spacial score (nSPS) is 21.2. The lowest BCUT2D eigenvalue weighted by molar-refractivity contribution is -0.121. The third-order valence-electron chi connectivity index (χ3n) is 4.82. The van der Waals surface area contributed by atoms with Crippen LogP contribution >= 0.6 is 0 Å². The van der Waals surface area contributed by atoms with Crippen molar-refractivity contribution in [3.8, 4) is 0 Å². The first kappa shape index (κ1) is 15.8. The molecular formula is C18H21N5O2. The van der Waals surface area contributed by atoms with Crippen molar-refractivity contribution in [1.29, 1.82) is 0 Å². The molecule has 2 aliphatic heterocycles. The van der Waals surface area contributed by atoms with Gasteiger partial charge >= 0.3 is 0 Å². The van der Waals surface area contributed by atoms with E-state index in [9.17, 15) is 9.59 Å². The van der Waals surface area contributed by atoms with Gasteiger partial charge in [-0.15, -0.1) is 0 Å². The van der Waals surface area contributed by atoms with E-state index in [4.69, 9.17) is 0 Å². The molecule has 1 aromatic heterocycles.